The fraction of sp³-hybridized carbons (Fsp3) is 0.444. The van der Waals surface area contributed by atoms with Gasteiger partial charge in [0.2, 0.25) is 0 Å². The van der Waals surface area contributed by atoms with Crippen molar-refractivity contribution < 1.29 is 28.2 Å². The van der Waals surface area contributed by atoms with Gasteiger partial charge in [-0.15, -0.1) is 0 Å². The van der Waals surface area contributed by atoms with E-state index in [2.05, 4.69) is 4.98 Å². The molecule has 0 radical (unpaired) electrons. The van der Waals surface area contributed by atoms with Crippen molar-refractivity contribution in [3.05, 3.63) is 29.1 Å². The van der Waals surface area contributed by atoms with Gasteiger partial charge >= 0.3 is 5.97 Å². The fourth-order valence-corrected chi connectivity index (χ4v) is 3.25. The number of benzene rings is 1. The Bertz CT molecular complexity index is 768. The number of aliphatic carboxylic acids is 1. The summed E-state index contributed by atoms with van der Waals surface area (Å²) in [7, 11) is 0. The molecule has 2 aromatic rings. The topological polar surface area (TPSA) is 68.7 Å². The van der Waals surface area contributed by atoms with E-state index in [1.54, 1.807) is 12.3 Å². The predicted molar refractivity (Wildman–Crippen MR) is 92.6 cm³/mol. The Labute approximate surface area is 153 Å². The highest BCUT2D eigenvalue weighted by Crippen LogP contribution is 2.33. The third-order valence-corrected chi connectivity index (χ3v) is 4.86. The van der Waals surface area contributed by atoms with Gasteiger partial charge in [0.1, 0.15) is 6.10 Å². The number of rotatable bonds is 8. The van der Waals surface area contributed by atoms with Crippen LogP contribution in [0.2, 0.25) is 0 Å². The summed E-state index contributed by atoms with van der Waals surface area (Å²) in [6.07, 6.45) is 3.20. The van der Waals surface area contributed by atoms with Crippen LogP contribution in [0.15, 0.2) is 17.5 Å². The lowest BCUT2D eigenvalue weighted by Gasteiger charge is -2.24. The second-order valence-corrected chi connectivity index (χ2v) is 7.27. The van der Waals surface area contributed by atoms with Crippen molar-refractivity contribution >= 4 is 17.3 Å². The minimum atomic E-state index is -0.985. The first kappa shape index (κ1) is 18.6. The highest BCUT2D eigenvalue weighted by atomic mass is 32.1. The summed E-state index contributed by atoms with van der Waals surface area (Å²) in [6.45, 7) is 1.55. The van der Waals surface area contributed by atoms with Crippen LogP contribution in [0, 0.1) is 17.6 Å². The van der Waals surface area contributed by atoms with Gasteiger partial charge < -0.3 is 14.6 Å². The SMILES string of the molecule is CC(COc1c(F)cc(-c2csc(OC3CCC3)n2)cc1F)CC(=O)O. The highest BCUT2D eigenvalue weighted by Gasteiger charge is 2.21. The van der Waals surface area contributed by atoms with Gasteiger partial charge in [0, 0.05) is 16.9 Å². The molecule has 1 saturated carbocycles. The smallest absolute Gasteiger partial charge is 0.303 e. The average Bonchev–Trinajstić information content (AvgIpc) is 2.98. The molecule has 26 heavy (non-hydrogen) atoms. The van der Waals surface area contributed by atoms with Crippen LogP contribution in [0.1, 0.15) is 32.6 Å². The van der Waals surface area contributed by atoms with Crippen LogP contribution < -0.4 is 9.47 Å². The van der Waals surface area contributed by atoms with Crippen molar-refractivity contribution in [2.75, 3.05) is 6.61 Å². The molecule has 0 bridgehead atoms. The first-order chi connectivity index (χ1) is 12.4. The van der Waals surface area contributed by atoms with Crippen molar-refractivity contribution in [2.24, 2.45) is 5.92 Å². The van der Waals surface area contributed by atoms with Gasteiger partial charge in [0.15, 0.2) is 17.4 Å². The van der Waals surface area contributed by atoms with Crippen molar-refractivity contribution in [1.29, 1.82) is 0 Å². The molecule has 1 fully saturated rings. The zero-order valence-electron chi connectivity index (χ0n) is 14.2. The second-order valence-electron chi connectivity index (χ2n) is 6.45. The Morgan fingerprint density at radius 3 is 2.65 bits per heavy atom. The average molecular weight is 383 g/mol. The first-order valence-corrected chi connectivity index (χ1v) is 9.26. The summed E-state index contributed by atoms with van der Waals surface area (Å²) in [5.41, 5.74) is 0.735. The van der Waals surface area contributed by atoms with Crippen LogP contribution in [0.25, 0.3) is 11.3 Å². The molecule has 5 nitrogen and oxygen atoms in total. The number of carboxylic acid groups (broad SMARTS) is 1. The normalized spacial score (nSPS) is 15.3. The molecule has 0 saturated heterocycles. The molecule has 8 heteroatoms. The van der Waals surface area contributed by atoms with Gasteiger partial charge in [-0.3, -0.25) is 4.79 Å². The molecule has 1 N–H and O–H groups in total. The van der Waals surface area contributed by atoms with Crippen LogP contribution >= 0.6 is 11.3 Å². The molecule has 1 atom stereocenters. The summed E-state index contributed by atoms with van der Waals surface area (Å²) >= 11 is 1.29. The van der Waals surface area contributed by atoms with E-state index >= 15 is 0 Å². The number of carbonyl (C=O) groups is 1. The molecule has 1 unspecified atom stereocenters. The lowest BCUT2D eigenvalue weighted by molar-refractivity contribution is -0.138. The summed E-state index contributed by atoms with van der Waals surface area (Å²) in [5.74, 6) is -3.56. The third-order valence-electron chi connectivity index (χ3n) is 4.13. The van der Waals surface area contributed by atoms with E-state index in [9.17, 15) is 13.6 Å². The van der Waals surface area contributed by atoms with Crippen molar-refractivity contribution in [3.8, 4) is 22.2 Å². The lowest BCUT2D eigenvalue weighted by atomic mass is 9.96. The molecule has 0 aliphatic heterocycles. The predicted octanol–water partition coefficient (Wildman–Crippen LogP) is 4.51. The van der Waals surface area contributed by atoms with Crippen LogP contribution in [0.3, 0.4) is 0 Å². The highest BCUT2D eigenvalue weighted by molar-refractivity contribution is 7.11. The maximum atomic E-state index is 14.3. The Morgan fingerprint density at radius 1 is 1.38 bits per heavy atom. The van der Waals surface area contributed by atoms with E-state index in [1.165, 1.54) is 11.3 Å². The zero-order chi connectivity index (χ0) is 18.7. The first-order valence-electron chi connectivity index (χ1n) is 8.38. The molecular weight excluding hydrogens is 364 g/mol. The number of carboxylic acids is 1. The number of thiazole rings is 1. The Balaban J connectivity index is 1.69. The summed E-state index contributed by atoms with van der Waals surface area (Å²) in [4.78, 5) is 14.9. The summed E-state index contributed by atoms with van der Waals surface area (Å²) in [6, 6.07) is 2.31. The molecule has 1 aliphatic carbocycles. The molecular formula is C18H19F2NO4S. The number of nitrogens with zero attached hydrogens (tertiary/aromatic N) is 1. The second kappa shape index (κ2) is 7.99. The lowest BCUT2D eigenvalue weighted by Crippen LogP contribution is -2.24. The Morgan fingerprint density at radius 2 is 2.08 bits per heavy atom. The van der Waals surface area contributed by atoms with Gasteiger partial charge in [0.05, 0.1) is 18.7 Å². The van der Waals surface area contributed by atoms with E-state index in [4.69, 9.17) is 14.6 Å². The van der Waals surface area contributed by atoms with Crippen LogP contribution in [0.5, 0.6) is 10.9 Å². The minimum Gasteiger partial charge on any atom is -0.487 e. The van der Waals surface area contributed by atoms with Gasteiger partial charge in [0.25, 0.3) is 5.19 Å². The van der Waals surface area contributed by atoms with Crippen molar-refractivity contribution in [1.82, 2.24) is 4.98 Å². The fourth-order valence-electron chi connectivity index (χ4n) is 2.50. The zero-order valence-corrected chi connectivity index (χ0v) is 15.0. The van der Waals surface area contributed by atoms with E-state index in [0.717, 1.165) is 31.4 Å². The number of hydrogen-bond donors (Lipinski definition) is 1. The number of aromatic nitrogens is 1. The monoisotopic (exact) mass is 383 g/mol. The number of hydrogen-bond acceptors (Lipinski definition) is 5. The maximum absolute atomic E-state index is 14.3. The van der Waals surface area contributed by atoms with Crippen molar-refractivity contribution in [2.45, 2.75) is 38.7 Å². The summed E-state index contributed by atoms with van der Waals surface area (Å²) < 4.78 is 39.3. The van der Waals surface area contributed by atoms with Crippen LogP contribution in [-0.2, 0) is 4.79 Å². The standard InChI is InChI=1S/C18H19F2NO4S/c1-10(5-16(22)23)8-24-17-13(19)6-11(7-14(17)20)15-9-26-18(21-15)25-12-3-2-4-12/h6-7,9-10,12H,2-5,8H2,1H3,(H,22,23). The van der Waals surface area contributed by atoms with E-state index in [-0.39, 0.29) is 25.0 Å². The quantitative estimate of drug-likeness (QED) is 0.726. The number of halogens is 2. The molecule has 0 spiro atoms. The number of ether oxygens (including phenoxy) is 2. The van der Waals surface area contributed by atoms with E-state index in [1.807, 2.05) is 0 Å². The van der Waals surface area contributed by atoms with E-state index < -0.39 is 23.4 Å². The van der Waals surface area contributed by atoms with Crippen molar-refractivity contribution in [3.63, 3.8) is 0 Å². The Kier molecular flexibility index (Phi) is 5.70. The molecule has 1 aliphatic rings. The molecule has 3 rings (SSSR count). The molecule has 0 amide bonds. The molecule has 140 valence electrons. The maximum Gasteiger partial charge on any atom is 0.303 e. The Hall–Kier alpha value is -2.22. The van der Waals surface area contributed by atoms with Gasteiger partial charge in [-0.1, -0.05) is 18.3 Å². The van der Waals surface area contributed by atoms with Crippen LogP contribution in [-0.4, -0.2) is 28.8 Å². The molecule has 1 heterocycles. The molecule has 1 aromatic heterocycles. The van der Waals surface area contributed by atoms with Gasteiger partial charge in [-0.2, -0.15) is 0 Å². The van der Waals surface area contributed by atoms with Gasteiger partial charge in [-0.25, -0.2) is 13.8 Å². The van der Waals surface area contributed by atoms with E-state index in [0.29, 0.717) is 16.5 Å². The van der Waals surface area contributed by atoms with Gasteiger partial charge in [-0.05, 0) is 31.4 Å². The summed E-state index contributed by atoms with van der Waals surface area (Å²) in [5, 5.41) is 10.9. The largest absolute Gasteiger partial charge is 0.487 e. The van der Waals surface area contributed by atoms with Crippen LogP contribution in [0.4, 0.5) is 8.78 Å². The minimum absolute atomic E-state index is 0.0877. The molecule has 1 aromatic carbocycles. The third kappa shape index (κ3) is 4.49.